The Balaban J connectivity index is 2.16. The van der Waals surface area contributed by atoms with Gasteiger partial charge >= 0.3 is 0 Å². The molecule has 0 aromatic heterocycles. The van der Waals surface area contributed by atoms with Crippen molar-refractivity contribution in [1.29, 1.82) is 0 Å². The fourth-order valence-electron chi connectivity index (χ4n) is 2.38. The quantitative estimate of drug-likeness (QED) is 0.797. The molecule has 1 aromatic carbocycles. The third-order valence-electron chi connectivity index (χ3n) is 3.42. The van der Waals surface area contributed by atoms with Crippen molar-refractivity contribution in [3.05, 3.63) is 29.0 Å². The van der Waals surface area contributed by atoms with E-state index >= 15 is 0 Å². The number of nitrogens with one attached hydrogen (secondary N) is 1. The fourth-order valence-corrected chi connectivity index (χ4v) is 2.38. The predicted molar refractivity (Wildman–Crippen MR) is 65.6 cm³/mol. The van der Waals surface area contributed by atoms with Gasteiger partial charge < -0.3 is 19.7 Å². The molecule has 17 heavy (non-hydrogen) atoms. The van der Waals surface area contributed by atoms with Crippen LogP contribution in [-0.2, 0) is 0 Å². The highest BCUT2D eigenvalue weighted by Gasteiger charge is 2.20. The van der Waals surface area contributed by atoms with Crippen molar-refractivity contribution >= 4 is 0 Å². The standard InChI is InChI=1S/C13H19NO3/c1-16-12-4-3-11(9-13(12)17-2)10-5-7-14(15)8-6-10/h3-4,9-10,14H,5-8H2,1-2H3. The van der Waals surface area contributed by atoms with E-state index in [2.05, 4.69) is 6.07 Å². The molecule has 0 radical (unpaired) electrons. The molecule has 4 nitrogen and oxygen atoms in total. The summed E-state index contributed by atoms with van der Waals surface area (Å²) in [5, 5.41) is 11.6. The SMILES string of the molecule is COc1ccc(C2CC[NH+]([O-])CC2)cc1OC. The highest BCUT2D eigenvalue weighted by molar-refractivity contribution is 5.43. The van der Waals surface area contributed by atoms with Crippen LogP contribution in [0.3, 0.4) is 0 Å². The van der Waals surface area contributed by atoms with E-state index in [4.69, 9.17) is 9.47 Å². The van der Waals surface area contributed by atoms with Gasteiger partial charge in [0, 0.05) is 12.8 Å². The minimum Gasteiger partial charge on any atom is -0.634 e. The zero-order chi connectivity index (χ0) is 12.3. The van der Waals surface area contributed by atoms with Crippen LogP contribution in [0.1, 0.15) is 24.3 Å². The van der Waals surface area contributed by atoms with Crippen molar-refractivity contribution in [3.63, 3.8) is 0 Å². The first kappa shape index (κ1) is 12.2. The van der Waals surface area contributed by atoms with E-state index in [1.807, 2.05) is 12.1 Å². The van der Waals surface area contributed by atoms with Gasteiger partial charge in [0.25, 0.3) is 0 Å². The van der Waals surface area contributed by atoms with Crippen LogP contribution in [0, 0.1) is 5.21 Å². The molecule has 1 fully saturated rings. The van der Waals surface area contributed by atoms with E-state index in [9.17, 15) is 5.21 Å². The summed E-state index contributed by atoms with van der Waals surface area (Å²) in [6.07, 6.45) is 1.91. The summed E-state index contributed by atoms with van der Waals surface area (Å²) < 4.78 is 10.5. The van der Waals surface area contributed by atoms with Crippen LogP contribution in [0.5, 0.6) is 11.5 Å². The van der Waals surface area contributed by atoms with Crippen LogP contribution in [0.15, 0.2) is 18.2 Å². The van der Waals surface area contributed by atoms with Crippen molar-refractivity contribution in [2.45, 2.75) is 18.8 Å². The molecule has 1 N–H and O–H groups in total. The molecule has 0 unspecified atom stereocenters. The molecule has 0 bridgehead atoms. The molecule has 1 saturated heterocycles. The Morgan fingerprint density at radius 1 is 1.12 bits per heavy atom. The average Bonchev–Trinajstić information content (AvgIpc) is 2.39. The first-order valence-corrected chi connectivity index (χ1v) is 5.98. The van der Waals surface area contributed by atoms with Crippen molar-refractivity contribution in [1.82, 2.24) is 0 Å². The topological polar surface area (TPSA) is 46.0 Å². The number of rotatable bonds is 3. The van der Waals surface area contributed by atoms with Gasteiger partial charge in [0.2, 0.25) is 0 Å². The average molecular weight is 237 g/mol. The Hall–Kier alpha value is -1.26. The largest absolute Gasteiger partial charge is 0.634 e. The van der Waals surface area contributed by atoms with Crippen molar-refractivity contribution < 1.29 is 14.5 Å². The van der Waals surface area contributed by atoms with Gasteiger partial charge in [-0.25, -0.2) is 0 Å². The third-order valence-corrected chi connectivity index (χ3v) is 3.42. The molecule has 1 aliphatic rings. The van der Waals surface area contributed by atoms with Gasteiger partial charge in [0.1, 0.15) is 0 Å². The van der Waals surface area contributed by atoms with E-state index in [0.29, 0.717) is 24.1 Å². The number of hydroxylamine groups is 2. The van der Waals surface area contributed by atoms with Crippen molar-refractivity contribution in [2.75, 3.05) is 27.3 Å². The second kappa shape index (κ2) is 5.38. The molecule has 0 spiro atoms. The van der Waals surface area contributed by atoms with Crippen LogP contribution in [0.2, 0.25) is 0 Å². The Morgan fingerprint density at radius 2 is 1.76 bits per heavy atom. The van der Waals surface area contributed by atoms with Crippen LogP contribution < -0.4 is 14.5 Å². The summed E-state index contributed by atoms with van der Waals surface area (Å²) in [5.41, 5.74) is 1.25. The molecule has 94 valence electrons. The molecule has 4 heteroatoms. The third kappa shape index (κ3) is 2.70. The summed E-state index contributed by atoms with van der Waals surface area (Å²) in [5.74, 6) is 2.00. The number of benzene rings is 1. The lowest BCUT2D eigenvalue weighted by Gasteiger charge is -2.31. The van der Waals surface area contributed by atoms with Crippen molar-refractivity contribution in [3.8, 4) is 11.5 Å². The highest BCUT2D eigenvalue weighted by atomic mass is 16.5. The molecule has 1 heterocycles. The molecule has 0 atom stereocenters. The second-order valence-corrected chi connectivity index (χ2v) is 4.43. The van der Waals surface area contributed by atoms with Gasteiger partial charge in [-0.15, -0.1) is 0 Å². The first-order chi connectivity index (χ1) is 8.24. The van der Waals surface area contributed by atoms with E-state index in [0.717, 1.165) is 24.3 Å². The number of ether oxygens (including phenoxy) is 2. The molecular weight excluding hydrogens is 218 g/mol. The number of hydrogen-bond donors (Lipinski definition) is 1. The minimum atomic E-state index is 0.390. The van der Waals surface area contributed by atoms with E-state index in [-0.39, 0.29) is 0 Å². The van der Waals surface area contributed by atoms with Gasteiger partial charge in [-0.1, -0.05) is 6.07 Å². The maximum atomic E-state index is 11.2. The molecular formula is C13H19NO3. The lowest BCUT2D eigenvalue weighted by Crippen LogP contribution is -3.08. The smallest absolute Gasteiger partial charge is 0.160 e. The summed E-state index contributed by atoms with van der Waals surface area (Å²) in [7, 11) is 3.28. The fraction of sp³-hybridized carbons (Fsp3) is 0.538. The van der Waals surface area contributed by atoms with Gasteiger partial charge in [-0.2, -0.15) is 0 Å². The second-order valence-electron chi connectivity index (χ2n) is 4.43. The van der Waals surface area contributed by atoms with Gasteiger partial charge in [0.15, 0.2) is 11.5 Å². The normalized spacial score (nSPS) is 24.4. The monoisotopic (exact) mass is 237 g/mol. The molecule has 1 aromatic rings. The lowest BCUT2D eigenvalue weighted by molar-refractivity contribution is -0.854. The van der Waals surface area contributed by atoms with E-state index in [1.54, 1.807) is 14.2 Å². The summed E-state index contributed by atoms with van der Waals surface area (Å²) in [4.78, 5) is 0. The lowest BCUT2D eigenvalue weighted by atomic mass is 9.90. The van der Waals surface area contributed by atoms with Gasteiger partial charge in [0.05, 0.1) is 27.3 Å². The Kier molecular flexibility index (Phi) is 3.86. The molecule has 2 rings (SSSR count). The first-order valence-electron chi connectivity index (χ1n) is 5.98. The molecule has 0 aliphatic carbocycles. The summed E-state index contributed by atoms with van der Waals surface area (Å²) in [6, 6.07) is 6.03. The Morgan fingerprint density at radius 3 is 2.35 bits per heavy atom. The summed E-state index contributed by atoms with van der Waals surface area (Å²) in [6.45, 7) is 1.41. The minimum absolute atomic E-state index is 0.390. The van der Waals surface area contributed by atoms with Crippen molar-refractivity contribution in [2.24, 2.45) is 0 Å². The van der Waals surface area contributed by atoms with Gasteiger partial charge in [-0.3, -0.25) is 0 Å². The van der Waals surface area contributed by atoms with Crippen LogP contribution in [0.4, 0.5) is 0 Å². The predicted octanol–water partition coefficient (Wildman–Crippen LogP) is 0.964. The Labute approximate surface area is 102 Å². The van der Waals surface area contributed by atoms with Crippen LogP contribution in [-0.4, -0.2) is 27.3 Å². The van der Waals surface area contributed by atoms with Crippen LogP contribution >= 0.6 is 0 Å². The van der Waals surface area contributed by atoms with Gasteiger partial charge in [-0.05, 0) is 23.6 Å². The Bertz CT molecular complexity index is 373. The molecule has 1 aliphatic heterocycles. The van der Waals surface area contributed by atoms with E-state index < -0.39 is 0 Å². The zero-order valence-electron chi connectivity index (χ0n) is 10.4. The maximum absolute atomic E-state index is 11.2. The zero-order valence-corrected chi connectivity index (χ0v) is 10.4. The molecule has 0 saturated carbocycles. The molecule has 0 amide bonds. The maximum Gasteiger partial charge on any atom is 0.160 e. The van der Waals surface area contributed by atoms with E-state index in [1.165, 1.54) is 5.56 Å². The number of methoxy groups -OCH3 is 2. The number of quaternary nitrogens is 1. The van der Waals surface area contributed by atoms with Crippen LogP contribution in [0.25, 0.3) is 0 Å². The highest BCUT2D eigenvalue weighted by Crippen LogP contribution is 2.33. The number of piperidine rings is 1. The number of hydrogen-bond acceptors (Lipinski definition) is 3. The summed E-state index contributed by atoms with van der Waals surface area (Å²) >= 11 is 0.